The fourth-order valence-electron chi connectivity index (χ4n) is 2.36. The number of sulfonamides is 1. The zero-order valence-electron chi connectivity index (χ0n) is 14.4. The minimum Gasteiger partial charge on any atom is -0.335 e. The average molecular weight is 384 g/mol. The molecule has 9 heteroatoms. The summed E-state index contributed by atoms with van der Waals surface area (Å²) in [5, 5.41) is 0. The summed E-state index contributed by atoms with van der Waals surface area (Å²) in [5.41, 5.74) is 0.247. The molecule has 0 aliphatic rings. The van der Waals surface area contributed by atoms with Crippen molar-refractivity contribution in [1.82, 2.24) is 9.79 Å². The van der Waals surface area contributed by atoms with E-state index in [9.17, 15) is 22.0 Å². The van der Waals surface area contributed by atoms with Crippen LogP contribution >= 0.6 is 0 Å². The Morgan fingerprint density at radius 1 is 1.15 bits per heavy atom. The third-order valence-electron chi connectivity index (χ3n) is 3.91. The molecular formula is C17H18F2N2O4S. The maximum Gasteiger partial charge on any atom is 0.262 e. The van der Waals surface area contributed by atoms with Crippen LogP contribution in [-0.4, -0.2) is 33.4 Å². The summed E-state index contributed by atoms with van der Waals surface area (Å²) < 4.78 is 50.9. The molecule has 0 aromatic heterocycles. The van der Waals surface area contributed by atoms with Gasteiger partial charge in [-0.1, -0.05) is 4.89 Å². The van der Waals surface area contributed by atoms with Gasteiger partial charge in [-0.2, -0.15) is 0 Å². The van der Waals surface area contributed by atoms with Crippen LogP contribution in [0.15, 0.2) is 47.4 Å². The van der Waals surface area contributed by atoms with Crippen molar-refractivity contribution in [2.45, 2.75) is 17.9 Å². The van der Waals surface area contributed by atoms with Crippen LogP contribution in [0.5, 0.6) is 0 Å². The van der Waals surface area contributed by atoms with Gasteiger partial charge in [0.25, 0.3) is 15.9 Å². The van der Waals surface area contributed by atoms with Crippen molar-refractivity contribution in [3.63, 3.8) is 0 Å². The second-order valence-corrected chi connectivity index (χ2v) is 7.22. The first-order valence-corrected chi connectivity index (χ1v) is 9.02. The number of carbonyl (C=O) groups excluding carboxylic acids is 1. The summed E-state index contributed by atoms with van der Waals surface area (Å²) in [6.45, 7) is 1.57. The van der Waals surface area contributed by atoms with E-state index in [0.717, 1.165) is 25.3 Å². The Bertz CT molecular complexity index is 901. The molecule has 0 aliphatic carbocycles. The van der Waals surface area contributed by atoms with Gasteiger partial charge < -0.3 is 4.90 Å². The minimum absolute atomic E-state index is 0.0457. The Morgan fingerprint density at radius 2 is 1.77 bits per heavy atom. The van der Waals surface area contributed by atoms with Crippen molar-refractivity contribution in [2.24, 2.45) is 0 Å². The van der Waals surface area contributed by atoms with Gasteiger partial charge in [0.1, 0.15) is 11.6 Å². The van der Waals surface area contributed by atoms with Gasteiger partial charge in [0.15, 0.2) is 0 Å². The van der Waals surface area contributed by atoms with Gasteiger partial charge in [-0.25, -0.2) is 17.2 Å². The Hall–Kier alpha value is -2.36. The van der Waals surface area contributed by atoms with Crippen molar-refractivity contribution in [3.05, 3.63) is 65.2 Å². The molecule has 1 N–H and O–H groups in total. The molecule has 2 aromatic carbocycles. The average Bonchev–Trinajstić information content (AvgIpc) is 2.62. The summed E-state index contributed by atoms with van der Waals surface area (Å²) in [5.74, 6) is -1.69. The number of nitrogens with one attached hydrogen (secondary N) is 1. The number of benzene rings is 2. The first-order valence-electron chi connectivity index (χ1n) is 7.54. The summed E-state index contributed by atoms with van der Waals surface area (Å²) in [4.78, 5) is 20.0. The highest BCUT2D eigenvalue weighted by molar-refractivity contribution is 7.89. The van der Waals surface area contributed by atoms with E-state index in [1.165, 1.54) is 36.2 Å². The molecule has 0 saturated carbocycles. The number of hydrogen-bond donors (Lipinski definition) is 1. The van der Waals surface area contributed by atoms with Crippen LogP contribution in [0.4, 0.5) is 8.78 Å². The second kappa shape index (κ2) is 7.90. The Morgan fingerprint density at radius 3 is 2.35 bits per heavy atom. The van der Waals surface area contributed by atoms with Crippen molar-refractivity contribution in [3.8, 4) is 0 Å². The lowest BCUT2D eigenvalue weighted by atomic mass is 10.1. The van der Waals surface area contributed by atoms with E-state index >= 15 is 0 Å². The first kappa shape index (κ1) is 20.0. The van der Waals surface area contributed by atoms with Crippen LogP contribution in [0.25, 0.3) is 0 Å². The van der Waals surface area contributed by atoms with E-state index in [0.29, 0.717) is 0 Å². The minimum atomic E-state index is -3.83. The number of amides is 1. The molecule has 0 radical (unpaired) electrons. The van der Waals surface area contributed by atoms with E-state index in [4.69, 9.17) is 0 Å². The SMILES string of the molecule is CONS(=O)(=O)c1ccc(C(=O)N(C)C(C)c2cc(F)ccc2F)cc1. The highest BCUT2D eigenvalue weighted by Gasteiger charge is 2.22. The lowest BCUT2D eigenvalue weighted by Gasteiger charge is -2.26. The van der Waals surface area contributed by atoms with Crippen molar-refractivity contribution in [1.29, 1.82) is 0 Å². The molecule has 2 rings (SSSR count). The highest BCUT2D eigenvalue weighted by atomic mass is 32.2. The number of nitrogens with zero attached hydrogens (tertiary/aromatic N) is 1. The molecular weight excluding hydrogens is 366 g/mol. The van der Waals surface area contributed by atoms with E-state index in [1.54, 1.807) is 6.92 Å². The normalized spacial score (nSPS) is 12.7. The number of hydrogen-bond acceptors (Lipinski definition) is 4. The zero-order valence-corrected chi connectivity index (χ0v) is 15.2. The third kappa shape index (κ3) is 4.24. The fraction of sp³-hybridized carbons (Fsp3) is 0.235. The van der Waals surface area contributed by atoms with Crippen LogP contribution in [0.1, 0.15) is 28.9 Å². The maximum atomic E-state index is 13.9. The summed E-state index contributed by atoms with van der Waals surface area (Å²) in [6.07, 6.45) is 0. The lowest BCUT2D eigenvalue weighted by molar-refractivity contribution is 0.0740. The largest absolute Gasteiger partial charge is 0.335 e. The van der Waals surface area contributed by atoms with Crippen LogP contribution in [0, 0.1) is 11.6 Å². The highest BCUT2D eigenvalue weighted by Crippen LogP contribution is 2.24. The van der Waals surface area contributed by atoms with Gasteiger partial charge in [0, 0.05) is 18.2 Å². The summed E-state index contributed by atoms with van der Waals surface area (Å²) in [6, 6.07) is 7.47. The number of rotatable bonds is 6. The molecule has 0 aliphatic heterocycles. The molecule has 0 spiro atoms. The first-order chi connectivity index (χ1) is 12.2. The molecule has 0 saturated heterocycles. The van der Waals surface area contributed by atoms with E-state index in [-0.39, 0.29) is 16.0 Å². The van der Waals surface area contributed by atoms with Gasteiger partial charge in [0.05, 0.1) is 18.0 Å². The molecule has 1 unspecified atom stereocenters. The van der Waals surface area contributed by atoms with E-state index in [1.807, 2.05) is 4.89 Å². The standard InChI is InChI=1S/C17H18F2N2O4S/c1-11(15-10-13(18)6-9-16(15)19)21(2)17(22)12-4-7-14(8-5-12)26(23,24)20-25-3/h4-11,20H,1-3H3. The second-order valence-electron chi connectivity index (χ2n) is 5.57. The molecule has 0 fully saturated rings. The molecule has 26 heavy (non-hydrogen) atoms. The fourth-order valence-corrected chi connectivity index (χ4v) is 3.17. The number of halogens is 2. The monoisotopic (exact) mass is 384 g/mol. The molecule has 2 aromatic rings. The van der Waals surface area contributed by atoms with Gasteiger partial charge in [-0.3, -0.25) is 9.63 Å². The van der Waals surface area contributed by atoms with E-state index in [2.05, 4.69) is 4.84 Å². The molecule has 0 heterocycles. The maximum absolute atomic E-state index is 13.9. The van der Waals surface area contributed by atoms with Crippen LogP contribution in [0.3, 0.4) is 0 Å². The predicted octanol–water partition coefficient (Wildman–Crippen LogP) is 2.64. The molecule has 0 bridgehead atoms. The van der Waals surface area contributed by atoms with Crippen molar-refractivity contribution >= 4 is 15.9 Å². The molecule has 6 nitrogen and oxygen atoms in total. The quantitative estimate of drug-likeness (QED) is 0.777. The zero-order chi connectivity index (χ0) is 19.5. The van der Waals surface area contributed by atoms with Crippen molar-refractivity contribution in [2.75, 3.05) is 14.2 Å². The van der Waals surface area contributed by atoms with Crippen LogP contribution < -0.4 is 4.89 Å². The third-order valence-corrected chi connectivity index (χ3v) is 5.19. The molecule has 1 amide bonds. The van der Waals surface area contributed by atoms with Gasteiger partial charge in [0.2, 0.25) is 0 Å². The molecule has 140 valence electrons. The Labute approximate surface area is 150 Å². The topological polar surface area (TPSA) is 75.7 Å². The van der Waals surface area contributed by atoms with Crippen molar-refractivity contribution < 1.29 is 26.8 Å². The summed E-state index contributed by atoms with van der Waals surface area (Å²) in [7, 11) is -1.21. The smallest absolute Gasteiger partial charge is 0.262 e. The summed E-state index contributed by atoms with van der Waals surface area (Å²) >= 11 is 0. The van der Waals surface area contributed by atoms with Crippen LogP contribution in [0.2, 0.25) is 0 Å². The van der Waals surface area contributed by atoms with Gasteiger partial charge in [-0.05, 0) is 49.4 Å². The Kier molecular flexibility index (Phi) is 6.06. The van der Waals surface area contributed by atoms with Gasteiger partial charge in [-0.15, -0.1) is 0 Å². The van der Waals surface area contributed by atoms with Crippen LogP contribution in [-0.2, 0) is 14.9 Å². The number of carbonyl (C=O) groups is 1. The lowest BCUT2D eigenvalue weighted by Crippen LogP contribution is -2.30. The van der Waals surface area contributed by atoms with Gasteiger partial charge >= 0.3 is 0 Å². The van der Waals surface area contributed by atoms with E-state index < -0.39 is 33.6 Å². The molecule has 1 atom stereocenters. The predicted molar refractivity (Wildman–Crippen MR) is 90.6 cm³/mol. The Balaban J connectivity index is 2.24.